The van der Waals surface area contributed by atoms with Crippen molar-refractivity contribution in [1.29, 1.82) is 0 Å². The van der Waals surface area contributed by atoms with Crippen LogP contribution in [0, 0.1) is 15.3 Å². The molecule has 0 radical (unpaired) electrons. The van der Waals surface area contributed by atoms with Gasteiger partial charge in [0, 0.05) is 26.6 Å². The Bertz CT molecular complexity index is 1210. The molecule has 40 heavy (non-hydrogen) atoms. The first-order valence-electron chi connectivity index (χ1n) is 13.9. The first-order chi connectivity index (χ1) is 19.1. The standard InChI is InChI=1S/C30H38FIN4O4/c1-18-17-34-26(21-11-12-21)30(39)36(3)19(2)28(37)35-25(16-20-9-13-23(31)14-10-20)29(38)33-15-5-7-22-6-4-8-24(32)27(22)40-18/h4,6,8-10,13-14,18-19,21,25-26,34H,5,7,11-12,15-17H2,1-3H3,(H,33,38)(H,35,37)/t18-,19-,25-,26+/m1/s1. The van der Waals surface area contributed by atoms with Crippen LogP contribution in [0.4, 0.5) is 4.39 Å². The number of hydrogen-bond acceptors (Lipinski definition) is 5. The van der Waals surface area contributed by atoms with Crippen molar-refractivity contribution >= 4 is 40.3 Å². The van der Waals surface area contributed by atoms with E-state index in [2.05, 4.69) is 38.5 Å². The SMILES string of the molecule is C[C@@H]1CN[C@@H](C2CC2)C(=O)N(C)[C@H](C)C(=O)N[C@H](Cc2ccc(F)cc2)C(=O)NCCCc2cccc(I)c2O1. The molecule has 4 atom stereocenters. The van der Waals surface area contributed by atoms with Crippen LogP contribution in [0.25, 0.3) is 0 Å². The molecule has 0 spiro atoms. The summed E-state index contributed by atoms with van der Waals surface area (Å²) < 4.78 is 20.8. The van der Waals surface area contributed by atoms with Crippen LogP contribution < -0.4 is 20.7 Å². The zero-order valence-corrected chi connectivity index (χ0v) is 25.4. The number of nitrogens with one attached hydrogen (secondary N) is 3. The van der Waals surface area contributed by atoms with Gasteiger partial charge >= 0.3 is 0 Å². The van der Waals surface area contributed by atoms with Crippen molar-refractivity contribution in [2.24, 2.45) is 5.92 Å². The molecule has 1 heterocycles. The average molecular weight is 665 g/mol. The molecule has 3 N–H and O–H groups in total. The normalized spacial score (nSPS) is 25.6. The maximum atomic E-state index is 13.5. The third-order valence-corrected chi connectivity index (χ3v) is 8.42. The summed E-state index contributed by atoms with van der Waals surface area (Å²) in [5.41, 5.74) is 1.77. The number of nitrogens with zero attached hydrogens (tertiary/aromatic N) is 1. The molecule has 3 amide bonds. The summed E-state index contributed by atoms with van der Waals surface area (Å²) in [6.07, 6.45) is 3.30. The van der Waals surface area contributed by atoms with E-state index in [1.165, 1.54) is 17.0 Å². The molecular weight excluding hydrogens is 626 g/mol. The summed E-state index contributed by atoms with van der Waals surface area (Å²) in [6, 6.07) is 9.80. The molecule has 2 aromatic carbocycles. The summed E-state index contributed by atoms with van der Waals surface area (Å²) in [7, 11) is 1.62. The minimum absolute atomic E-state index is 0.159. The summed E-state index contributed by atoms with van der Waals surface area (Å²) in [6.45, 7) is 4.54. The average Bonchev–Trinajstić information content (AvgIpc) is 3.77. The zero-order valence-electron chi connectivity index (χ0n) is 23.2. The Hall–Kier alpha value is -2.73. The minimum atomic E-state index is -0.877. The molecule has 216 valence electrons. The van der Waals surface area contributed by atoms with Crippen LogP contribution >= 0.6 is 22.6 Å². The molecule has 1 fully saturated rings. The van der Waals surface area contributed by atoms with Crippen molar-refractivity contribution in [3.8, 4) is 5.75 Å². The van der Waals surface area contributed by atoms with Gasteiger partial charge in [0.25, 0.3) is 0 Å². The Labute approximate surface area is 248 Å². The van der Waals surface area contributed by atoms with E-state index in [-0.39, 0.29) is 36.1 Å². The number of rotatable bonds is 3. The maximum Gasteiger partial charge on any atom is 0.243 e. The summed E-state index contributed by atoms with van der Waals surface area (Å²) >= 11 is 2.27. The number of halogens is 2. The van der Waals surface area contributed by atoms with Crippen LogP contribution in [0.15, 0.2) is 42.5 Å². The van der Waals surface area contributed by atoms with Gasteiger partial charge in [0.2, 0.25) is 17.7 Å². The van der Waals surface area contributed by atoms with Crippen LogP contribution in [-0.2, 0) is 27.2 Å². The van der Waals surface area contributed by atoms with Gasteiger partial charge in [-0.3, -0.25) is 14.4 Å². The van der Waals surface area contributed by atoms with E-state index in [0.717, 1.165) is 27.7 Å². The number of fused-ring (bicyclic) bond motifs is 1. The molecule has 1 aliphatic heterocycles. The van der Waals surface area contributed by atoms with Gasteiger partial charge in [-0.2, -0.15) is 0 Å². The van der Waals surface area contributed by atoms with Gasteiger partial charge in [0.05, 0.1) is 9.61 Å². The van der Waals surface area contributed by atoms with Gasteiger partial charge in [0.1, 0.15) is 29.8 Å². The van der Waals surface area contributed by atoms with Crippen LogP contribution in [0.5, 0.6) is 5.75 Å². The molecule has 4 rings (SSSR count). The molecule has 10 heteroatoms. The number of hydrogen-bond donors (Lipinski definition) is 3. The molecular formula is C30H38FIN4O4. The Balaban J connectivity index is 1.58. The fourth-order valence-electron chi connectivity index (χ4n) is 4.86. The highest BCUT2D eigenvalue weighted by Crippen LogP contribution is 2.34. The van der Waals surface area contributed by atoms with Gasteiger partial charge in [-0.15, -0.1) is 0 Å². The smallest absolute Gasteiger partial charge is 0.243 e. The molecule has 2 aliphatic rings. The maximum absolute atomic E-state index is 13.5. The van der Waals surface area contributed by atoms with E-state index in [0.29, 0.717) is 31.5 Å². The number of likely N-dealkylation sites (N-methyl/N-ethyl adjacent to an activating group) is 1. The number of amides is 3. The summed E-state index contributed by atoms with van der Waals surface area (Å²) in [4.78, 5) is 41.5. The number of para-hydroxylation sites is 1. The van der Waals surface area contributed by atoms with Crippen molar-refractivity contribution in [3.63, 3.8) is 0 Å². The van der Waals surface area contributed by atoms with Crippen LogP contribution in [0.1, 0.15) is 44.2 Å². The second-order valence-electron chi connectivity index (χ2n) is 10.8. The predicted molar refractivity (Wildman–Crippen MR) is 159 cm³/mol. The van der Waals surface area contributed by atoms with Crippen molar-refractivity contribution in [2.75, 3.05) is 20.1 Å². The summed E-state index contributed by atoms with van der Waals surface area (Å²) in [5, 5.41) is 9.20. The lowest BCUT2D eigenvalue weighted by Crippen LogP contribution is -2.57. The topological polar surface area (TPSA) is 99.8 Å². The second kappa shape index (κ2) is 13.8. The van der Waals surface area contributed by atoms with Gasteiger partial charge in [0.15, 0.2) is 0 Å². The number of benzene rings is 2. The van der Waals surface area contributed by atoms with Crippen molar-refractivity contribution < 1.29 is 23.5 Å². The third-order valence-electron chi connectivity index (χ3n) is 7.57. The fraction of sp³-hybridized carbons (Fsp3) is 0.500. The van der Waals surface area contributed by atoms with E-state index in [1.54, 1.807) is 26.1 Å². The molecule has 0 unspecified atom stereocenters. The monoisotopic (exact) mass is 664 g/mol. The summed E-state index contributed by atoms with van der Waals surface area (Å²) in [5.74, 6) is -0.242. The molecule has 8 nitrogen and oxygen atoms in total. The van der Waals surface area contributed by atoms with Gasteiger partial charge < -0.3 is 25.6 Å². The second-order valence-corrected chi connectivity index (χ2v) is 12.0. The highest BCUT2D eigenvalue weighted by molar-refractivity contribution is 14.1. The van der Waals surface area contributed by atoms with Crippen molar-refractivity contribution in [2.45, 2.75) is 70.2 Å². The molecule has 1 aliphatic carbocycles. The lowest BCUT2D eigenvalue weighted by Gasteiger charge is -2.31. The van der Waals surface area contributed by atoms with E-state index in [9.17, 15) is 18.8 Å². The quantitative estimate of drug-likeness (QED) is 0.438. The lowest BCUT2D eigenvalue weighted by atomic mass is 10.0. The molecule has 1 saturated carbocycles. The third kappa shape index (κ3) is 7.93. The number of carbonyl (C=O) groups is 3. The van der Waals surface area contributed by atoms with Gasteiger partial charge in [-0.1, -0.05) is 24.3 Å². The molecule has 0 aromatic heterocycles. The Kier molecular flexibility index (Phi) is 10.4. The van der Waals surface area contributed by atoms with E-state index >= 15 is 0 Å². The zero-order chi connectivity index (χ0) is 28.8. The van der Waals surface area contributed by atoms with E-state index < -0.39 is 24.0 Å². The van der Waals surface area contributed by atoms with Gasteiger partial charge in [-0.05, 0) is 97.4 Å². The van der Waals surface area contributed by atoms with Gasteiger partial charge in [-0.25, -0.2) is 4.39 Å². The minimum Gasteiger partial charge on any atom is -0.488 e. The largest absolute Gasteiger partial charge is 0.488 e. The Morgan fingerprint density at radius 3 is 2.48 bits per heavy atom. The Morgan fingerprint density at radius 2 is 1.77 bits per heavy atom. The van der Waals surface area contributed by atoms with E-state index in [4.69, 9.17) is 4.74 Å². The molecule has 2 aromatic rings. The Morgan fingerprint density at radius 1 is 1.05 bits per heavy atom. The highest BCUT2D eigenvalue weighted by Gasteiger charge is 2.39. The fourth-order valence-corrected chi connectivity index (χ4v) is 5.54. The number of ether oxygens (including phenoxy) is 1. The number of aryl methyl sites for hydroxylation is 1. The molecule has 0 saturated heterocycles. The number of carbonyl (C=O) groups excluding carboxylic acids is 3. The first kappa shape index (κ1) is 30.2. The van der Waals surface area contributed by atoms with Crippen molar-refractivity contribution in [3.05, 3.63) is 63.0 Å². The van der Waals surface area contributed by atoms with Crippen LogP contribution in [0.3, 0.4) is 0 Å². The van der Waals surface area contributed by atoms with Crippen LogP contribution in [-0.4, -0.2) is 67.0 Å². The lowest BCUT2D eigenvalue weighted by molar-refractivity contribution is -0.141. The first-order valence-corrected chi connectivity index (χ1v) is 15.0. The van der Waals surface area contributed by atoms with E-state index in [1.807, 2.05) is 25.1 Å². The highest BCUT2D eigenvalue weighted by atomic mass is 127. The van der Waals surface area contributed by atoms with Crippen LogP contribution in [0.2, 0.25) is 0 Å². The van der Waals surface area contributed by atoms with Crippen molar-refractivity contribution in [1.82, 2.24) is 20.9 Å². The predicted octanol–water partition coefficient (Wildman–Crippen LogP) is 3.20. The molecule has 0 bridgehead atoms.